The van der Waals surface area contributed by atoms with Gasteiger partial charge in [-0.15, -0.1) is 11.6 Å². The van der Waals surface area contributed by atoms with Gasteiger partial charge in [-0.3, -0.25) is 4.79 Å². The van der Waals surface area contributed by atoms with Crippen LogP contribution in [0.15, 0.2) is 24.3 Å². The lowest BCUT2D eigenvalue weighted by Gasteiger charge is -2.09. The summed E-state index contributed by atoms with van der Waals surface area (Å²) in [7, 11) is 0. The molecular formula is C12H16ClNO. The van der Waals surface area contributed by atoms with Crippen LogP contribution in [0.25, 0.3) is 0 Å². The molecule has 2 N–H and O–H groups in total. The van der Waals surface area contributed by atoms with Crippen molar-refractivity contribution in [3.05, 3.63) is 35.4 Å². The average molecular weight is 226 g/mol. The van der Waals surface area contributed by atoms with Gasteiger partial charge in [0.2, 0.25) is 5.91 Å². The zero-order valence-electron chi connectivity index (χ0n) is 9.03. The molecule has 0 spiro atoms. The molecule has 0 aromatic heterocycles. The number of halogens is 1. The minimum absolute atomic E-state index is 0.466. The Bertz CT molecular complexity index is 349. The zero-order valence-corrected chi connectivity index (χ0v) is 9.79. The zero-order chi connectivity index (χ0) is 11.4. The molecule has 15 heavy (non-hydrogen) atoms. The second-order valence-electron chi connectivity index (χ2n) is 3.97. The average Bonchev–Trinajstić information content (AvgIpc) is 2.18. The molecule has 1 aromatic rings. The van der Waals surface area contributed by atoms with Crippen LogP contribution in [0, 0.1) is 0 Å². The Morgan fingerprint density at radius 1 is 1.47 bits per heavy atom. The molecular weight excluding hydrogens is 210 g/mol. The van der Waals surface area contributed by atoms with Gasteiger partial charge in [0.05, 0.1) is 0 Å². The molecule has 2 nitrogen and oxygen atoms in total. The third-order valence-electron chi connectivity index (χ3n) is 2.34. The molecule has 0 heterocycles. The van der Waals surface area contributed by atoms with Crippen LogP contribution in [0.1, 0.15) is 30.9 Å². The summed E-state index contributed by atoms with van der Waals surface area (Å²) in [5.41, 5.74) is 7.42. The van der Waals surface area contributed by atoms with E-state index < -0.39 is 11.3 Å². The number of primary amides is 1. The van der Waals surface area contributed by atoms with Crippen molar-refractivity contribution in [2.45, 2.75) is 31.6 Å². The van der Waals surface area contributed by atoms with Gasteiger partial charge in [-0.05, 0) is 23.5 Å². The van der Waals surface area contributed by atoms with E-state index >= 15 is 0 Å². The summed E-state index contributed by atoms with van der Waals surface area (Å²) in [4.78, 5) is 10.8. The maximum absolute atomic E-state index is 10.8. The molecule has 0 radical (unpaired) electrons. The van der Waals surface area contributed by atoms with Gasteiger partial charge >= 0.3 is 0 Å². The summed E-state index contributed by atoms with van der Waals surface area (Å²) in [6.45, 7) is 4.26. The van der Waals surface area contributed by atoms with Crippen LogP contribution in [-0.4, -0.2) is 11.3 Å². The van der Waals surface area contributed by atoms with E-state index in [4.69, 9.17) is 17.3 Å². The Labute approximate surface area is 95.4 Å². The molecule has 1 aromatic carbocycles. The molecule has 0 aliphatic carbocycles. The van der Waals surface area contributed by atoms with E-state index in [2.05, 4.69) is 26.0 Å². The first-order valence-corrected chi connectivity index (χ1v) is 5.46. The Kier molecular flexibility index (Phi) is 4.15. The van der Waals surface area contributed by atoms with Gasteiger partial charge in [0.15, 0.2) is 0 Å². The standard InChI is InChI=1S/C12H16ClNO/c1-8(2)10-5-3-4-9(6-10)7-11(13)12(14)15/h3-6,8,11H,7H2,1-2H3,(H2,14,15). The van der Waals surface area contributed by atoms with Crippen LogP contribution in [0.4, 0.5) is 0 Å². The van der Waals surface area contributed by atoms with E-state index in [0.29, 0.717) is 12.3 Å². The molecule has 0 saturated heterocycles. The first kappa shape index (κ1) is 12.1. The molecule has 3 heteroatoms. The number of rotatable bonds is 4. The molecule has 1 unspecified atom stereocenters. The van der Waals surface area contributed by atoms with Gasteiger partial charge in [-0.2, -0.15) is 0 Å². The van der Waals surface area contributed by atoms with Crippen molar-refractivity contribution in [1.82, 2.24) is 0 Å². The first-order chi connectivity index (χ1) is 7.00. The SMILES string of the molecule is CC(C)c1cccc(CC(Cl)C(N)=O)c1. The van der Waals surface area contributed by atoms with E-state index in [9.17, 15) is 4.79 Å². The number of hydrogen-bond acceptors (Lipinski definition) is 1. The van der Waals surface area contributed by atoms with Crippen molar-refractivity contribution >= 4 is 17.5 Å². The van der Waals surface area contributed by atoms with Crippen LogP contribution in [-0.2, 0) is 11.2 Å². The van der Waals surface area contributed by atoms with Crippen molar-refractivity contribution in [2.75, 3.05) is 0 Å². The van der Waals surface area contributed by atoms with E-state index in [1.54, 1.807) is 0 Å². The van der Waals surface area contributed by atoms with Gasteiger partial charge < -0.3 is 5.73 Å². The lowest BCUT2D eigenvalue weighted by atomic mass is 9.99. The highest BCUT2D eigenvalue weighted by molar-refractivity contribution is 6.30. The lowest BCUT2D eigenvalue weighted by molar-refractivity contribution is -0.117. The van der Waals surface area contributed by atoms with Crippen LogP contribution < -0.4 is 5.73 Å². The van der Waals surface area contributed by atoms with Gasteiger partial charge in [-0.1, -0.05) is 38.1 Å². The highest BCUT2D eigenvalue weighted by Crippen LogP contribution is 2.17. The highest BCUT2D eigenvalue weighted by atomic mass is 35.5. The molecule has 0 aliphatic heterocycles. The van der Waals surface area contributed by atoms with Gasteiger partial charge in [0.1, 0.15) is 5.38 Å². The number of benzene rings is 1. The quantitative estimate of drug-likeness (QED) is 0.786. The second kappa shape index (κ2) is 5.17. The van der Waals surface area contributed by atoms with Crippen molar-refractivity contribution in [1.29, 1.82) is 0 Å². The lowest BCUT2D eigenvalue weighted by Crippen LogP contribution is -2.25. The summed E-state index contributed by atoms with van der Waals surface area (Å²) in [6.07, 6.45) is 0.497. The van der Waals surface area contributed by atoms with Crippen LogP contribution in [0.3, 0.4) is 0 Å². The van der Waals surface area contributed by atoms with E-state index in [1.165, 1.54) is 5.56 Å². The predicted octanol–water partition coefficient (Wildman–Crippen LogP) is 2.45. The predicted molar refractivity (Wildman–Crippen MR) is 63.1 cm³/mol. The van der Waals surface area contributed by atoms with Gasteiger partial charge in [-0.25, -0.2) is 0 Å². The van der Waals surface area contributed by atoms with Crippen molar-refractivity contribution in [3.8, 4) is 0 Å². The fraction of sp³-hybridized carbons (Fsp3) is 0.417. The van der Waals surface area contributed by atoms with Gasteiger partial charge in [0.25, 0.3) is 0 Å². The summed E-state index contributed by atoms with van der Waals surface area (Å²) >= 11 is 5.81. The minimum atomic E-state index is -0.618. The summed E-state index contributed by atoms with van der Waals surface area (Å²) in [5, 5.41) is -0.618. The summed E-state index contributed by atoms with van der Waals surface area (Å²) in [5.74, 6) is 0.0129. The number of hydrogen-bond donors (Lipinski definition) is 1. The number of carbonyl (C=O) groups is 1. The minimum Gasteiger partial charge on any atom is -0.368 e. The van der Waals surface area contributed by atoms with Crippen LogP contribution >= 0.6 is 11.6 Å². The second-order valence-corrected chi connectivity index (χ2v) is 4.50. The number of carbonyl (C=O) groups excluding carboxylic acids is 1. The number of alkyl halides is 1. The molecule has 1 amide bonds. The van der Waals surface area contributed by atoms with Crippen LogP contribution in [0.5, 0.6) is 0 Å². The fourth-order valence-electron chi connectivity index (χ4n) is 1.39. The maximum Gasteiger partial charge on any atom is 0.235 e. The molecule has 1 rings (SSSR count). The summed E-state index contributed by atoms with van der Waals surface area (Å²) in [6, 6.07) is 8.09. The largest absolute Gasteiger partial charge is 0.368 e. The van der Waals surface area contributed by atoms with E-state index in [0.717, 1.165) is 5.56 Å². The fourth-order valence-corrected chi connectivity index (χ4v) is 1.56. The summed E-state index contributed by atoms with van der Waals surface area (Å²) < 4.78 is 0. The molecule has 0 aliphatic rings. The van der Waals surface area contributed by atoms with Crippen molar-refractivity contribution in [2.24, 2.45) is 5.73 Å². The smallest absolute Gasteiger partial charge is 0.235 e. The van der Waals surface area contributed by atoms with Gasteiger partial charge in [0, 0.05) is 0 Å². The monoisotopic (exact) mass is 225 g/mol. The maximum atomic E-state index is 10.8. The van der Waals surface area contributed by atoms with Crippen LogP contribution in [0.2, 0.25) is 0 Å². The van der Waals surface area contributed by atoms with Crippen molar-refractivity contribution < 1.29 is 4.79 Å². The third-order valence-corrected chi connectivity index (χ3v) is 2.71. The van der Waals surface area contributed by atoms with E-state index in [-0.39, 0.29) is 0 Å². The van der Waals surface area contributed by atoms with E-state index in [1.807, 2.05) is 12.1 Å². The Balaban J connectivity index is 2.78. The molecule has 0 bridgehead atoms. The molecule has 82 valence electrons. The number of amides is 1. The first-order valence-electron chi connectivity index (χ1n) is 5.03. The molecule has 0 fully saturated rings. The topological polar surface area (TPSA) is 43.1 Å². The normalized spacial score (nSPS) is 12.8. The van der Waals surface area contributed by atoms with Crippen molar-refractivity contribution in [3.63, 3.8) is 0 Å². The third kappa shape index (κ3) is 3.56. The Morgan fingerprint density at radius 3 is 2.67 bits per heavy atom. The Morgan fingerprint density at radius 2 is 2.13 bits per heavy atom. The molecule has 1 atom stereocenters. The molecule has 0 saturated carbocycles. The number of nitrogens with two attached hydrogens (primary N) is 1. The highest BCUT2D eigenvalue weighted by Gasteiger charge is 2.12. The Hall–Kier alpha value is -1.02.